The van der Waals surface area contributed by atoms with E-state index in [1.54, 1.807) is 72.8 Å². The van der Waals surface area contributed by atoms with Gasteiger partial charge in [0.05, 0.1) is 27.0 Å². The fourth-order valence-corrected chi connectivity index (χ4v) is 2.97. The largest absolute Gasteiger partial charge is 0.283 e. The number of rotatable bonds is 6. The van der Waals surface area contributed by atoms with Crippen molar-refractivity contribution in [2.45, 2.75) is 0 Å². The molecule has 6 nitrogen and oxygen atoms in total. The zero-order valence-corrected chi connectivity index (χ0v) is 16.9. The highest BCUT2D eigenvalue weighted by atomic mass is 35.5. The Kier molecular flexibility index (Phi) is 6.61. The molecule has 0 unspecified atom stereocenters. The average molecular weight is 441 g/mol. The molecule has 0 bridgehead atoms. The van der Waals surface area contributed by atoms with E-state index in [0.29, 0.717) is 10.0 Å². The van der Waals surface area contributed by atoms with Gasteiger partial charge >= 0.3 is 0 Å². The second kappa shape index (κ2) is 9.35. The van der Waals surface area contributed by atoms with Gasteiger partial charge in [-0.2, -0.15) is 0 Å². The Morgan fingerprint density at radius 1 is 0.600 bits per heavy atom. The summed E-state index contributed by atoms with van der Waals surface area (Å²) < 4.78 is 0. The second-order valence-electron chi connectivity index (χ2n) is 6.25. The van der Waals surface area contributed by atoms with Gasteiger partial charge in [-0.3, -0.25) is 20.2 Å². The van der Waals surface area contributed by atoms with Gasteiger partial charge in [0, 0.05) is 10.0 Å². The first-order valence-electron chi connectivity index (χ1n) is 8.67. The van der Waals surface area contributed by atoms with Gasteiger partial charge < -0.3 is 0 Å². The Morgan fingerprint density at radius 3 is 1.30 bits per heavy atom. The first-order chi connectivity index (χ1) is 14.3. The van der Waals surface area contributed by atoms with E-state index in [9.17, 15) is 20.2 Å². The smallest absolute Gasteiger partial charge is 0.258 e. The maximum Gasteiger partial charge on any atom is 0.283 e. The lowest BCUT2D eigenvalue weighted by Crippen LogP contribution is -1.98. The summed E-state index contributed by atoms with van der Waals surface area (Å²) in [6, 6.07) is 16.2. The Balaban J connectivity index is 2.05. The van der Waals surface area contributed by atoms with Gasteiger partial charge in [0.1, 0.15) is 0 Å². The molecule has 0 aliphatic rings. The third kappa shape index (κ3) is 5.31. The van der Waals surface area contributed by atoms with Gasteiger partial charge in [0.25, 0.3) is 11.4 Å². The van der Waals surface area contributed by atoms with E-state index >= 15 is 0 Å². The topological polar surface area (TPSA) is 86.3 Å². The highest BCUT2D eigenvalue weighted by Gasteiger charge is 2.22. The van der Waals surface area contributed by atoms with E-state index in [-0.39, 0.29) is 22.5 Å². The van der Waals surface area contributed by atoms with Crippen LogP contribution in [0.2, 0.25) is 10.0 Å². The van der Waals surface area contributed by atoms with Crippen LogP contribution in [0, 0.1) is 20.2 Å². The van der Waals surface area contributed by atoms with Crippen LogP contribution in [0.5, 0.6) is 0 Å². The lowest BCUT2D eigenvalue weighted by molar-refractivity contribution is -0.394. The van der Waals surface area contributed by atoms with Crippen molar-refractivity contribution in [3.05, 3.63) is 113 Å². The number of hydrogen-bond donors (Lipinski definition) is 0. The molecular formula is C22H14Cl2N2O4. The molecule has 0 heterocycles. The van der Waals surface area contributed by atoms with Crippen LogP contribution < -0.4 is 0 Å². The lowest BCUT2D eigenvalue weighted by Gasteiger charge is -2.03. The molecule has 30 heavy (non-hydrogen) atoms. The highest BCUT2D eigenvalue weighted by Crippen LogP contribution is 2.32. The molecule has 8 heteroatoms. The number of benzene rings is 3. The van der Waals surface area contributed by atoms with Crippen LogP contribution in [0.1, 0.15) is 22.3 Å². The first-order valence-corrected chi connectivity index (χ1v) is 9.43. The fourth-order valence-electron chi connectivity index (χ4n) is 2.71. The van der Waals surface area contributed by atoms with Crippen LogP contribution in [-0.4, -0.2) is 9.85 Å². The number of halogens is 2. The molecule has 0 saturated heterocycles. The van der Waals surface area contributed by atoms with Crippen LogP contribution in [0.15, 0.2) is 60.7 Å². The summed E-state index contributed by atoms with van der Waals surface area (Å²) in [5.74, 6) is 0. The Morgan fingerprint density at radius 2 is 0.967 bits per heavy atom. The van der Waals surface area contributed by atoms with Crippen molar-refractivity contribution in [1.82, 2.24) is 0 Å². The summed E-state index contributed by atoms with van der Waals surface area (Å²) >= 11 is 11.7. The van der Waals surface area contributed by atoms with Gasteiger partial charge in [-0.05, 0) is 53.6 Å². The zero-order chi connectivity index (χ0) is 21.7. The van der Waals surface area contributed by atoms with Crippen LogP contribution in [-0.2, 0) is 0 Å². The van der Waals surface area contributed by atoms with Crippen LogP contribution in [0.4, 0.5) is 11.4 Å². The summed E-state index contributed by atoms with van der Waals surface area (Å²) in [6.45, 7) is 0. The molecule has 0 saturated carbocycles. The predicted molar refractivity (Wildman–Crippen MR) is 121 cm³/mol. The Hall–Kier alpha value is -3.48. The van der Waals surface area contributed by atoms with Crippen molar-refractivity contribution in [2.75, 3.05) is 0 Å². The molecule has 3 aromatic carbocycles. The molecule has 3 rings (SSSR count). The normalized spacial score (nSPS) is 11.3. The molecule has 0 fully saturated rings. The number of nitro benzene ring substituents is 2. The average Bonchev–Trinajstić information content (AvgIpc) is 2.72. The molecular weight excluding hydrogens is 427 g/mol. The van der Waals surface area contributed by atoms with Gasteiger partial charge in [-0.25, -0.2) is 0 Å². The molecule has 0 radical (unpaired) electrons. The van der Waals surface area contributed by atoms with Gasteiger partial charge in [-0.1, -0.05) is 59.6 Å². The van der Waals surface area contributed by atoms with Crippen LogP contribution in [0.3, 0.4) is 0 Å². The standard InChI is InChI=1S/C22H14Cl2N2O4/c23-19-9-3-15(4-10-19)1-7-17-13-18(8-2-16-5-11-20(24)12-6-16)22(26(29)30)14-21(17)25(27)28/h1-14H/b7-1-,8-2-. The van der Waals surface area contributed by atoms with Crippen molar-refractivity contribution >= 4 is 58.9 Å². The Labute approximate surface area is 182 Å². The molecule has 3 aromatic rings. The minimum atomic E-state index is -0.638. The van der Waals surface area contributed by atoms with Crippen molar-refractivity contribution in [1.29, 1.82) is 0 Å². The van der Waals surface area contributed by atoms with Crippen molar-refractivity contribution in [2.24, 2.45) is 0 Å². The quantitative estimate of drug-likeness (QED) is 0.231. The summed E-state index contributed by atoms with van der Waals surface area (Å²) in [6.07, 6.45) is 6.45. The first kappa shape index (κ1) is 21.2. The molecule has 0 N–H and O–H groups in total. The second-order valence-corrected chi connectivity index (χ2v) is 7.13. The predicted octanol–water partition coefficient (Wildman–Crippen LogP) is 7.15. The third-order valence-corrected chi connectivity index (χ3v) is 4.72. The summed E-state index contributed by atoms with van der Waals surface area (Å²) in [4.78, 5) is 21.7. The molecule has 0 aliphatic heterocycles. The van der Waals surface area contributed by atoms with Gasteiger partial charge in [0.15, 0.2) is 0 Å². The molecule has 150 valence electrons. The monoisotopic (exact) mass is 440 g/mol. The van der Waals surface area contributed by atoms with Crippen molar-refractivity contribution in [3.8, 4) is 0 Å². The molecule has 0 spiro atoms. The maximum absolute atomic E-state index is 11.5. The Bertz CT molecular complexity index is 1070. The number of nitrogens with zero attached hydrogens (tertiary/aromatic N) is 2. The maximum atomic E-state index is 11.5. The molecule has 0 amide bonds. The van der Waals surface area contributed by atoms with E-state index in [0.717, 1.165) is 17.2 Å². The van der Waals surface area contributed by atoms with E-state index < -0.39 is 9.85 Å². The van der Waals surface area contributed by atoms with Crippen molar-refractivity contribution in [3.63, 3.8) is 0 Å². The third-order valence-electron chi connectivity index (χ3n) is 4.22. The SMILES string of the molecule is O=[N+]([O-])c1cc([N+](=O)[O-])c(/C=C\c2ccc(Cl)cc2)cc1/C=C\c1ccc(Cl)cc1. The van der Waals surface area contributed by atoms with Crippen LogP contribution >= 0.6 is 23.2 Å². The van der Waals surface area contributed by atoms with E-state index in [1.807, 2.05) is 0 Å². The lowest BCUT2D eigenvalue weighted by atomic mass is 10.0. The van der Waals surface area contributed by atoms with Crippen LogP contribution in [0.25, 0.3) is 24.3 Å². The fraction of sp³-hybridized carbons (Fsp3) is 0. The highest BCUT2D eigenvalue weighted by molar-refractivity contribution is 6.30. The van der Waals surface area contributed by atoms with Crippen molar-refractivity contribution < 1.29 is 9.85 Å². The zero-order valence-electron chi connectivity index (χ0n) is 15.4. The summed E-state index contributed by atoms with van der Waals surface area (Å²) in [7, 11) is 0. The van der Waals surface area contributed by atoms with E-state index in [2.05, 4.69) is 0 Å². The number of hydrogen-bond acceptors (Lipinski definition) is 4. The van der Waals surface area contributed by atoms with E-state index in [4.69, 9.17) is 23.2 Å². The van der Waals surface area contributed by atoms with Gasteiger partial charge in [-0.15, -0.1) is 0 Å². The summed E-state index contributed by atoms with van der Waals surface area (Å²) in [5, 5.41) is 24.1. The summed E-state index contributed by atoms with van der Waals surface area (Å²) in [5.41, 5.74) is 1.36. The van der Waals surface area contributed by atoms with Gasteiger partial charge in [0.2, 0.25) is 0 Å². The molecule has 0 aliphatic carbocycles. The minimum Gasteiger partial charge on any atom is -0.258 e. The number of nitro groups is 2. The molecule has 0 aromatic heterocycles. The van der Waals surface area contributed by atoms with E-state index in [1.165, 1.54) is 6.07 Å². The minimum absolute atomic E-state index is 0.247. The molecule has 0 atom stereocenters.